The Bertz CT molecular complexity index is 158. The molecule has 0 heterocycles. The molecule has 0 N–H and O–H groups in total. The highest BCUT2D eigenvalue weighted by Crippen LogP contribution is 2.07. The summed E-state index contributed by atoms with van der Waals surface area (Å²) in [5.41, 5.74) is 0. The standard InChI is InChI=1S/C6H7Br3O2/c1-4(8)6(10)11-3-5(9)2-7/h5H,1-3H2. The van der Waals surface area contributed by atoms with E-state index in [4.69, 9.17) is 4.74 Å². The lowest BCUT2D eigenvalue weighted by Crippen LogP contribution is -2.14. The molecular weight excluding hydrogens is 344 g/mol. The first-order chi connectivity index (χ1) is 5.07. The highest BCUT2D eigenvalue weighted by Gasteiger charge is 2.08. The van der Waals surface area contributed by atoms with Gasteiger partial charge in [-0.3, -0.25) is 0 Å². The van der Waals surface area contributed by atoms with Gasteiger partial charge in [-0.2, -0.15) is 0 Å². The summed E-state index contributed by atoms with van der Waals surface area (Å²) < 4.78 is 5.04. The summed E-state index contributed by atoms with van der Waals surface area (Å²) in [6, 6.07) is 0. The number of halogens is 3. The molecule has 0 rings (SSSR count). The molecule has 0 aliphatic rings. The zero-order valence-corrected chi connectivity index (χ0v) is 10.4. The average molecular weight is 351 g/mol. The summed E-state index contributed by atoms with van der Waals surface area (Å²) >= 11 is 9.43. The number of esters is 1. The highest BCUT2D eigenvalue weighted by atomic mass is 79.9. The van der Waals surface area contributed by atoms with Crippen LogP contribution in [-0.2, 0) is 9.53 Å². The molecule has 0 spiro atoms. The number of ether oxygens (including phenoxy) is 1. The van der Waals surface area contributed by atoms with Crippen molar-refractivity contribution in [3.05, 3.63) is 11.1 Å². The fourth-order valence-electron chi connectivity index (χ4n) is 0.289. The second-order valence-corrected chi connectivity index (χ2v) is 4.65. The van der Waals surface area contributed by atoms with Gasteiger partial charge in [-0.1, -0.05) is 38.4 Å². The van der Waals surface area contributed by atoms with Gasteiger partial charge in [0.1, 0.15) is 6.61 Å². The van der Waals surface area contributed by atoms with Gasteiger partial charge in [0, 0.05) is 5.33 Å². The van der Waals surface area contributed by atoms with E-state index in [0.29, 0.717) is 6.61 Å². The van der Waals surface area contributed by atoms with Crippen LogP contribution >= 0.6 is 47.8 Å². The topological polar surface area (TPSA) is 26.3 Å². The number of rotatable bonds is 4. The van der Waals surface area contributed by atoms with Crippen molar-refractivity contribution in [1.29, 1.82) is 0 Å². The molecule has 0 fully saturated rings. The average Bonchev–Trinajstić information content (AvgIpc) is 1.99. The largest absolute Gasteiger partial charge is 0.461 e. The van der Waals surface area contributed by atoms with Gasteiger partial charge in [0.2, 0.25) is 0 Å². The molecular formula is C6H7Br3O2. The first-order valence-electron chi connectivity index (χ1n) is 2.79. The minimum absolute atomic E-state index is 0.151. The molecule has 0 bridgehead atoms. The monoisotopic (exact) mass is 348 g/mol. The molecule has 0 aliphatic heterocycles. The predicted molar refractivity (Wildman–Crippen MR) is 55.5 cm³/mol. The summed E-state index contributed by atoms with van der Waals surface area (Å²) in [5.74, 6) is -0.421. The molecule has 0 saturated heterocycles. The number of carbonyl (C=O) groups is 1. The van der Waals surface area contributed by atoms with Gasteiger partial charge in [0.15, 0.2) is 0 Å². The van der Waals surface area contributed by atoms with Crippen LogP contribution in [0, 0.1) is 0 Å². The van der Waals surface area contributed by atoms with Crippen LogP contribution in [0.5, 0.6) is 0 Å². The van der Waals surface area contributed by atoms with Crippen LogP contribution in [0.2, 0.25) is 0 Å². The van der Waals surface area contributed by atoms with E-state index in [2.05, 4.69) is 54.4 Å². The van der Waals surface area contributed by atoms with E-state index >= 15 is 0 Å². The van der Waals surface area contributed by atoms with Crippen LogP contribution in [0.1, 0.15) is 0 Å². The van der Waals surface area contributed by atoms with E-state index in [1.165, 1.54) is 0 Å². The third-order valence-electron chi connectivity index (χ3n) is 0.784. The molecule has 0 aliphatic carbocycles. The molecule has 0 aromatic rings. The molecule has 64 valence electrons. The van der Waals surface area contributed by atoms with Crippen LogP contribution in [-0.4, -0.2) is 22.7 Å². The first-order valence-corrected chi connectivity index (χ1v) is 5.62. The Morgan fingerprint density at radius 2 is 2.18 bits per heavy atom. The van der Waals surface area contributed by atoms with Gasteiger partial charge in [-0.05, 0) is 15.9 Å². The minimum Gasteiger partial charge on any atom is -0.461 e. The van der Waals surface area contributed by atoms with Crippen LogP contribution in [0.15, 0.2) is 11.1 Å². The lowest BCUT2D eigenvalue weighted by Gasteiger charge is -2.05. The minimum atomic E-state index is -0.421. The van der Waals surface area contributed by atoms with Crippen LogP contribution < -0.4 is 0 Å². The Morgan fingerprint density at radius 1 is 1.64 bits per heavy atom. The Morgan fingerprint density at radius 3 is 2.55 bits per heavy atom. The summed E-state index contributed by atoms with van der Waals surface area (Å²) in [6.07, 6.45) is 0. The van der Waals surface area contributed by atoms with Crippen LogP contribution in [0.4, 0.5) is 0 Å². The van der Waals surface area contributed by atoms with Crippen molar-refractivity contribution < 1.29 is 9.53 Å². The number of carbonyl (C=O) groups excluding carboxylic acids is 1. The van der Waals surface area contributed by atoms with E-state index in [-0.39, 0.29) is 9.31 Å². The van der Waals surface area contributed by atoms with Crippen molar-refractivity contribution in [1.82, 2.24) is 0 Å². The fourth-order valence-corrected chi connectivity index (χ4v) is 0.722. The summed E-state index contributed by atoms with van der Waals surface area (Å²) in [4.78, 5) is 10.9. The Balaban J connectivity index is 3.54. The molecule has 0 aromatic heterocycles. The van der Waals surface area contributed by atoms with Crippen molar-refractivity contribution in [2.75, 3.05) is 11.9 Å². The number of hydrogen-bond acceptors (Lipinski definition) is 2. The van der Waals surface area contributed by atoms with Crippen LogP contribution in [0.25, 0.3) is 0 Å². The normalized spacial score (nSPS) is 12.3. The second kappa shape index (κ2) is 6.20. The first kappa shape index (κ1) is 11.6. The molecule has 1 atom stereocenters. The third kappa shape index (κ3) is 5.87. The van der Waals surface area contributed by atoms with E-state index in [0.717, 1.165) is 5.33 Å². The Labute approximate surface area is 90.8 Å². The van der Waals surface area contributed by atoms with Gasteiger partial charge in [-0.15, -0.1) is 0 Å². The van der Waals surface area contributed by atoms with Gasteiger partial charge < -0.3 is 4.74 Å². The van der Waals surface area contributed by atoms with E-state index in [9.17, 15) is 4.79 Å². The van der Waals surface area contributed by atoms with E-state index in [1.807, 2.05) is 0 Å². The zero-order valence-electron chi connectivity index (χ0n) is 5.65. The summed E-state index contributed by atoms with van der Waals surface area (Å²) in [7, 11) is 0. The maximum absolute atomic E-state index is 10.8. The molecule has 0 amide bonds. The third-order valence-corrected chi connectivity index (χ3v) is 3.35. The van der Waals surface area contributed by atoms with E-state index < -0.39 is 5.97 Å². The molecule has 1 unspecified atom stereocenters. The van der Waals surface area contributed by atoms with Crippen molar-refractivity contribution in [2.45, 2.75) is 4.83 Å². The molecule has 0 aromatic carbocycles. The molecule has 11 heavy (non-hydrogen) atoms. The Kier molecular flexibility index (Phi) is 6.56. The fraction of sp³-hybridized carbons (Fsp3) is 0.500. The van der Waals surface area contributed by atoms with Crippen molar-refractivity contribution >= 4 is 53.8 Å². The second-order valence-electron chi connectivity index (χ2n) is 1.75. The number of hydrogen-bond donors (Lipinski definition) is 0. The Hall–Kier alpha value is 0.650. The van der Waals surface area contributed by atoms with Crippen molar-refractivity contribution in [3.63, 3.8) is 0 Å². The van der Waals surface area contributed by atoms with Gasteiger partial charge >= 0.3 is 5.97 Å². The smallest absolute Gasteiger partial charge is 0.344 e. The van der Waals surface area contributed by atoms with Crippen molar-refractivity contribution in [3.8, 4) is 0 Å². The quantitative estimate of drug-likeness (QED) is 0.442. The molecule has 2 nitrogen and oxygen atoms in total. The predicted octanol–water partition coefficient (Wildman–Crippen LogP) is 2.60. The van der Waals surface area contributed by atoms with Gasteiger partial charge in [0.25, 0.3) is 0 Å². The lowest BCUT2D eigenvalue weighted by atomic mass is 10.5. The van der Waals surface area contributed by atoms with Gasteiger partial charge in [-0.25, -0.2) is 4.79 Å². The molecule has 0 saturated carbocycles. The maximum atomic E-state index is 10.8. The lowest BCUT2D eigenvalue weighted by molar-refractivity contribution is -0.137. The summed E-state index contributed by atoms with van der Waals surface area (Å²) in [5, 5.41) is 0.745. The zero-order chi connectivity index (χ0) is 8.85. The molecule has 5 heteroatoms. The maximum Gasteiger partial charge on any atom is 0.344 e. The highest BCUT2D eigenvalue weighted by molar-refractivity contribution is 9.12. The van der Waals surface area contributed by atoms with Crippen LogP contribution in [0.3, 0.4) is 0 Å². The molecule has 0 radical (unpaired) electrons. The van der Waals surface area contributed by atoms with Gasteiger partial charge in [0.05, 0.1) is 9.31 Å². The van der Waals surface area contributed by atoms with E-state index in [1.54, 1.807) is 0 Å². The number of alkyl halides is 2. The van der Waals surface area contributed by atoms with Crippen molar-refractivity contribution in [2.24, 2.45) is 0 Å². The summed E-state index contributed by atoms with van der Waals surface area (Å²) in [6.45, 7) is 3.72. The SMILES string of the molecule is C=C(Br)C(=O)OCC(Br)CBr.